The Labute approximate surface area is 127 Å². The Kier molecular flexibility index (Phi) is 5.62. The fourth-order valence-corrected chi connectivity index (χ4v) is 2.58. The lowest BCUT2D eigenvalue weighted by molar-refractivity contribution is -0.140. The van der Waals surface area contributed by atoms with Crippen molar-refractivity contribution in [2.24, 2.45) is 0 Å². The zero-order valence-corrected chi connectivity index (χ0v) is 13.3. The highest BCUT2D eigenvalue weighted by Crippen LogP contribution is 2.16. The van der Waals surface area contributed by atoms with Gasteiger partial charge in [0.2, 0.25) is 0 Å². The highest BCUT2D eigenvalue weighted by atomic mass is 16.5. The van der Waals surface area contributed by atoms with Gasteiger partial charge in [0.25, 0.3) is 5.91 Å². The third kappa shape index (κ3) is 4.21. The van der Waals surface area contributed by atoms with E-state index in [1.165, 1.54) is 5.56 Å². The minimum atomic E-state index is -0.374. The van der Waals surface area contributed by atoms with Crippen molar-refractivity contribution in [3.8, 4) is 5.75 Å². The second kappa shape index (κ2) is 7.46. The molecule has 2 rings (SSSR count). The van der Waals surface area contributed by atoms with E-state index < -0.39 is 0 Å². The topological polar surface area (TPSA) is 32.8 Å². The van der Waals surface area contributed by atoms with Gasteiger partial charge in [0.05, 0.1) is 0 Å². The molecule has 116 valence electrons. The number of carbonyl (C=O) groups excluding carboxylic acids is 1. The lowest BCUT2D eigenvalue weighted by atomic mass is 10.2. The summed E-state index contributed by atoms with van der Waals surface area (Å²) >= 11 is 0. The van der Waals surface area contributed by atoms with Crippen molar-refractivity contribution in [2.75, 3.05) is 32.7 Å². The van der Waals surface area contributed by atoms with E-state index in [1.54, 1.807) is 0 Å². The Morgan fingerprint density at radius 1 is 1.14 bits per heavy atom. The monoisotopic (exact) mass is 290 g/mol. The average Bonchev–Trinajstić information content (AvgIpc) is 2.54. The highest BCUT2D eigenvalue weighted by molar-refractivity contribution is 5.81. The molecule has 1 aromatic carbocycles. The van der Waals surface area contributed by atoms with Gasteiger partial charge in [-0.3, -0.25) is 4.79 Å². The normalized spacial score (nSPS) is 17.6. The number of hydrogen-bond acceptors (Lipinski definition) is 3. The Balaban J connectivity index is 1.94. The van der Waals surface area contributed by atoms with E-state index in [-0.39, 0.29) is 12.0 Å². The van der Waals surface area contributed by atoms with Crippen LogP contribution in [0.15, 0.2) is 24.3 Å². The largest absolute Gasteiger partial charge is 0.481 e. The van der Waals surface area contributed by atoms with Gasteiger partial charge >= 0.3 is 0 Å². The van der Waals surface area contributed by atoms with Crippen LogP contribution in [-0.4, -0.2) is 54.5 Å². The van der Waals surface area contributed by atoms with Crippen LogP contribution in [0.3, 0.4) is 0 Å². The van der Waals surface area contributed by atoms with E-state index in [2.05, 4.69) is 11.8 Å². The maximum Gasteiger partial charge on any atom is 0.263 e. The Bertz CT molecular complexity index is 450. The molecule has 1 unspecified atom stereocenters. The van der Waals surface area contributed by atoms with Gasteiger partial charge in [-0.05, 0) is 32.0 Å². The SMILES string of the molecule is CCC(Oc1ccc(C)cc1)C(=O)N1CCN(CC)CC1. The molecule has 1 saturated heterocycles. The van der Waals surface area contributed by atoms with E-state index in [0.29, 0.717) is 6.42 Å². The van der Waals surface area contributed by atoms with Crippen LogP contribution < -0.4 is 4.74 Å². The van der Waals surface area contributed by atoms with Gasteiger partial charge in [-0.2, -0.15) is 0 Å². The van der Waals surface area contributed by atoms with Crippen molar-refractivity contribution >= 4 is 5.91 Å². The molecule has 1 aliphatic heterocycles. The molecule has 21 heavy (non-hydrogen) atoms. The number of nitrogens with zero attached hydrogens (tertiary/aromatic N) is 2. The predicted octanol–water partition coefficient (Wildman–Crippen LogP) is 2.32. The van der Waals surface area contributed by atoms with E-state index in [9.17, 15) is 4.79 Å². The average molecular weight is 290 g/mol. The van der Waals surface area contributed by atoms with Crippen molar-refractivity contribution in [3.63, 3.8) is 0 Å². The van der Waals surface area contributed by atoms with Crippen LogP contribution in [0.2, 0.25) is 0 Å². The molecule has 4 heteroatoms. The molecular weight excluding hydrogens is 264 g/mol. The molecule has 0 aromatic heterocycles. The van der Waals surface area contributed by atoms with Gasteiger partial charge in [-0.15, -0.1) is 0 Å². The van der Waals surface area contributed by atoms with Crippen LogP contribution in [-0.2, 0) is 4.79 Å². The number of benzene rings is 1. The third-order valence-corrected chi connectivity index (χ3v) is 4.08. The second-order valence-electron chi connectivity index (χ2n) is 5.59. The molecule has 1 amide bonds. The molecule has 1 aromatic rings. The van der Waals surface area contributed by atoms with Gasteiger partial charge in [0, 0.05) is 26.2 Å². The highest BCUT2D eigenvalue weighted by Gasteiger charge is 2.27. The first-order valence-corrected chi connectivity index (χ1v) is 7.88. The smallest absolute Gasteiger partial charge is 0.263 e. The summed E-state index contributed by atoms with van der Waals surface area (Å²) in [6, 6.07) is 7.87. The molecule has 0 bridgehead atoms. The van der Waals surface area contributed by atoms with Crippen molar-refractivity contribution in [1.82, 2.24) is 9.80 Å². The number of amides is 1. The zero-order valence-electron chi connectivity index (χ0n) is 13.3. The van der Waals surface area contributed by atoms with Crippen LogP contribution in [0.1, 0.15) is 25.8 Å². The van der Waals surface area contributed by atoms with Gasteiger partial charge in [0.1, 0.15) is 5.75 Å². The first-order valence-electron chi connectivity index (χ1n) is 7.88. The predicted molar refractivity (Wildman–Crippen MR) is 84.6 cm³/mol. The van der Waals surface area contributed by atoms with E-state index in [1.807, 2.05) is 43.0 Å². The minimum absolute atomic E-state index is 0.119. The Morgan fingerprint density at radius 2 is 1.76 bits per heavy atom. The number of ether oxygens (including phenoxy) is 1. The molecule has 1 heterocycles. The number of hydrogen-bond donors (Lipinski definition) is 0. The summed E-state index contributed by atoms with van der Waals surface area (Å²) in [5, 5.41) is 0. The summed E-state index contributed by atoms with van der Waals surface area (Å²) in [4.78, 5) is 16.9. The summed E-state index contributed by atoms with van der Waals surface area (Å²) in [7, 11) is 0. The van der Waals surface area contributed by atoms with Crippen molar-refractivity contribution in [2.45, 2.75) is 33.3 Å². The number of aryl methyl sites for hydroxylation is 1. The first-order chi connectivity index (χ1) is 10.1. The second-order valence-corrected chi connectivity index (χ2v) is 5.59. The molecule has 0 N–H and O–H groups in total. The van der Waals surface area contributed by atoms with Crippen molar-refractivity contribution in [3.05, 3.63) is 29.8 Å². The molecule has 0 spiro atoms. The van der Waals surface area contributed by atoms with Crippen LogP contribution in [0.5, 0.6) is 5.75 Å². The molecular formula is C17H26N2O2. The number of likely N-dealkylation sites (N-methyl/N-ethyl adjacent to an activating group) is 1. The maximum atomic E-state index is 12.6. The summed E-state index contributed by atoms with van der Waals surface area (Å²) < 4.78 is 5.88. The molecule has 0 aliphatic carbocycles. The lowest BCUT2D eigenvalue weighted by Gasteiger charge is -2.35. The molecule has 1 atom stereocenters. The lowest BCUT2D eigenvalue weighted by Crippen LogP contribution is -2.52. The minimum Gasteiger partial charge on any atom is -0.481 e. The Morgan fingerprint density at radius 3 is 2.29 bits per heavy atom. The van der Waals surface area contributed by atoms with Gasteiger partial charge < -0.3 is 14.5 Å². The number of rotatable bonds is 5. The summed E-state index contributed by atoms with van der Waals surface area (Å²) in [5.74, 6) is 0.891. The van der Waals surface area contributed by atoms with Crippen molar-refractivity contribution < 1.29 is 9.53 Å². The van der Waals surface area contributed by atoms with E-state index in [4.69, 9.17) is 4.74 Å². The maximum absolute atomic E-state index is 12.6. The van der Waals surface area contributed by atoms with Gasteiger partial charge in [0.15, 0.2) is 6.10 Å². The zero-order chi connectivity index (χ0) is 15.2. The number of piperazine rings is 1. The quantitative estimate of drug-likeness (QED) is 0.834. The summed E-state index contributed by atoms with van der Waals surface area (Å²) in [6.07, 6.45) is 0.321. The van der Waals surface area contributed by atoms with Crippen LogP contribution in [0.25, 0.3) is 0 Å². The molecule has 0 saturated carbocycles. The van der Waals surface area contributed by atoms with E-state index in [0.717, 1.165) is 38.5 Å². The molecule has 1 aliphatic rings. The fourth-order valence-electron chi connectivity index (χ4n) is 2.58. The van der Waals surface area contributed by atoms with Crippen LogP contribution >= 0.6 is 0 Å². The first kappa shape index (κ1) is 15.8. The Hall–Kier alpha value is -1.55. The van der Waals surface area contributed by atoms with Crippen molar-refractivity contribution in [1.29, 1.82) is 0 Å². The summed E-state index contributed by atoms with van der Waals surface area (Å²) in [6.45, 7) is 10.8. The van der Waals surface area contributed by atoms with E-state index >= 15 is 0 Å². The van der Waals surface area contributed by atoms with Crippen LogP contribution in [0.4, 0.5) is 0 Å². The van der Waals surface area contributed by atoms with Gasteiger partial charge in [-0.25, -0.2) is 0 Å². The molecule has 4 nitrogen and oxygen atoms in total. The van der Waals surface area contributed by atoms with Gasteiger partial charge in [-0.1, -0.05) is 31.5 Å². The standard InChI is InChI=1S/C17H26N2O2/c1-4-16(21-15-8-6-14(3)7-9-15)17(20)19-12-10-18(5-2)11-13-19/h6-9,16H,4-5,10-13H2,1-3H3. The summed E-state index contributed by atoms with van der Waals surface area (Å²) in [5.41, 5.74) is 1.19. The molecule has 1 fully saturated rings. The van der Waals surface area contributed by atoms with Crippen LogP contribution in [0, 0.1) is 6.92 Å². The number of carbonyl (C=O) groups is 1. The third-order valence-electron chi connectivity index (χ3n) is 4.08. The fraction of sp³-hybridized carbons (Fsp3) is 0.588. The molecule has 0 radical (unpaired) electrons.